The fourth-order valence-corrected chi connectivity index (χ4v) is 4.21. The number of hydrogen-bond donors (Lipinski definition) is 2. The lowest BCUT2D eigenvalue weighted by molar-refractivity contribution is -0.127. The molecule has 3 rings (SSSR count). The second-order valence-electron chi connectivity index (χ2n) is 6.33. The van der Waals surface area contributed by atoms with Gasteiger partial charge in [-0.1, -0.05) is 24.3 Å². The number of ether oxygens (including phenoxy) is 2. The van der Waals surface area contributed by atoms with E-state index in [4.69, 9.17) is 9.47 Å². The maximum Gasteiger partial charge on any atom is 0.246 e. The first kappa shape index (κ1) is 19.2. The number of fused-ring (bicyclic) bond motifs is 2. The van der Waals surface area contributed by atoms with Crippen molar-refractivity contribution >= 4 is 18.3 Å². The van der Waals surface area contributed by atoms with E-state index in [0.717, 1.165) is 25.9 Å². The van der Waals surface area contributed by atoms with Gasteiger partial charge in [0.1, 0.15) is 6.61 Å². The number of rotatable bonds is 5. The van der Waals surface area contributed by atoms with Gasteiger partial charge < -0.3 is 20.1 Å². The second kappa shape index (κ2) is 8.30. The number of benzene rings is 1. The third-order valence-electron chi connectivity index (χ3n) is 5.18. The molecule has 0 unspecified atom stereocenters. The van der Waals surface area contributed by atoms with Crippen molar-refractivity contribution in [1.29, 1.82) is 0 Å². The zero-order chi connectivity index (χ0) is 16.3. The minimum atomic E-state index is -0.109. The zero-order valence-corrected chi connectivity index (χ0v) is 15.2. The molecule has 1 aliphatic carbocycles. The van der Waals surface area contributed by atoms with E-state index in [1.54, 1.807) is 7.11 Å². The van der Waals surface area contributed by atoms with Crippen molar-refractivity contribution < 1.29 is 14.3 Å². The van der Waals surface area contributed by atoms with Crippen LogP contribution in [-0.4, -0.2) is 45.4 Å². The number of methoxy groups -OCH3 is 1. The summed E-state index contributed by atoms with van der Waals surface area (Å²) in [6.45, 7) is 4.49. The Labute approximate surface area is 149 Å². The molecule has 0 radical (unpaired) electrons. The Morgan fingerprint density at radius 2 is 2.04 bits per heavy atom. The lowest BCUT2D eigenvalue weighted by atomic mass is 9.72. The molecule has 1 aliphatic heterocycles. The van der Waals surface area contributed by atoms with Crippen molar-refractivity contribution in [1.82, 2.24) is 10.6 Å². The van der Waals surface area contributed by atoms with Crippen LogP contribution in [0.15, 0.2) is 24.3 Å². The van der Waals surface area contributed by atoms with Crippen LogP contribution in [0.2, 0.25) is 0 Å². The molecule has 5 nitrogen and oxygen atoms in total. The van der Waals surface area contributed by atoms with Crippen molar-refractivity contribution in [2.45, 2.75) is 37.3 Å². The number of piperidine rings is 1. The SMILES string of the molecule is CCOCC(=O)N[C@@H]1c2ccccc2C2(CCNCC2)[C@H]1OC.Cl. The van der Waals surface area contributed by atoms with E-state index >= 15 is 0 Å². The largest absolute Gasteiger partial charge is 0.378 e. The standard InChI is InChI=1S/C18H26N2O3.ClH/c1-3-23-12-15(21)20-16-13-6-4-5-7-14(13)18(17(16)22-2)8-10-19-11-9-18;/h4-7,16-17,19H,3,8-12H2,1-2H3,(H,20,21);1H/t16-,17+;/m1./s1. The minimum absolute atomic E-state index is 0. The van der Waals surface area contributed by atoms with E-state index in [2.05, 4.69) is 28.8 Å². The molecule has 2 N–H and O–H groups in total. The van der Waals surface area contributed by atoms with Crippen LogP contribution in [0.4, 0.5) is 0 Å². The summed E-state index contributed by atoms with van der Waals surface area (Å²) in [4.78, 5) is 12.2. The lowest BCUT2D eigenvalue weighted by Gasteiger charge is -2.40. The average Bonchev–Trinajstić information content (AvgIpc) is 2.83. The van der Waals surface area contributed by atoms with Gasteiger partial charge in [-0.2, -0.15) is 0 Å². The maximum absolute atomic E-state index is 12.2. The van der Waals surface area contributed by atoms with Crippen molar-refractivity contribution in [2.75, 3.05) is 33.4 Å². The molecule has 2 aliphatic rings. The van der Waals surface area contributed by atoms with E-state index < -0.39 is 0 Å². The Hall–Kier alpha value is -1.14. The zero-order valence-electron chi connectivity index (χ0n) is 14.3. The Bertz CT molecular complexity index is 561. The predicted molar refractivity (Wildman–Crippen MR) is 95.6 cm³/mol. The Morgan fingerprint density at radius 3 is 2.71 bits per heavy atom. The summed E-state index contributed by atoms with van der Waals surface area (Å²) in [5.74, 6) is -0.0836. The summed E-state index contributed by atoms with van der Waals surface area (Å²) in [6, 6.07) is 8.32. The van der Waals surface area contributed by atoms with Crippen LogP contribution in [0.25, 0.3) is 0 Å². The molecule has 2 atom stereocenters. The second-order valence-corrected chi connectivity index (χ2v) is 6.33. The van der Waals surface area contributed by atoms with Gasteiger partial charge >= 0.3 is 0 Å². The molecule has 0 saturated carbocycles. The third kappa shape index (κ3) is 3.31. The highest BCUT2D eigenvalue weighted by atomic mass is 35.5. The quantitative estimate of drug-likeness (QED) is 0.848. The van der Waals surface area contributed by atoms with Crippen molar-refractivity contribution in [3.05, 3.63) is 35.4 Å². The number of nitrogens with one attached hydrogen (secondary N) is 2. The van der Waals surface area contributed by atoms with Gasteiger partial charge in [0.15, 0.2) is 0 Å². The van der Waals surface area contributed by atoms with E-state index in [1.807, 2.05) is 13.0 Å². The van der Waals surface area contributed by atoms with Crippen LogP contribution in [-0.2, 0) is 19.7 Å². The van der Waals surface area contributed by atoms with Gasteiger partial charge in [-0.25, -0.2) is 0 Å². The van der Waals surface area contributed by atoms with Gasteiger partial charge in [-0.3, -0.25) is 4.79 Å². The molecule has 6 heteroatoms. The van der Waals surface area contributed by atoms with Crippen LogP contribution < -0.4 is 10.6 Å². The molecule has 24 heavy (non-hydrogen) atoms. The summed E-state index contributed by atoms with van der Waals surface area (Å²) in [5, 5.41) is 6.57. The Morgan fingerprint density at radius 1 is 1.33 bits per heavy atom. The first-order valence-corrected chi connectivity index (χ1v) is 8.43. The molecule has 1 fully saturated rings. The lowest BCUT2D eigenvalue weighted by Crippen LogP contribution is -2.49. The molecule has 134 valence electrons. The number of halogens is 1. The van der Waals surface area contributed by atoms with Crippen LogP contribution >= 0.6 is 12.4 Å². The fraction of sp³-hybridized carbons (Fsp3) is 0.611. The normalized spacial score (nSPS) is 24.2. The van der Waals surface area contributed by atoms with Gasteiger partial charge in [0.25, 0.3) is 0 Å². The number of amides is 1. The van der Waals surface area contributed by atoms with Gasteiger partial charge in [-0.15, -0.1) is 12.4 Å². The van der Waals surface area contributed by atoms with E-state index in [1.165, 1.54) is 11.1 Å². The van der Waals surface area contributed by atoms with E-state index in [0.29, 0.717) is 6.61 Å². The van der Waals surface area contributed by atoms with Crippen LogP contribution in [0.1, 0.15) is 36.9 Å². The van der Waals surface area contributed by atoms with Gasteiger partial charge in [0.05, 0.1) is 12.1 Å². The molecule has 1 spiro atoms. The molecular formula is C18H27ClN2O3. The van der Waals surface area contributed by atoms with Crippen molar-refractivity contribution in [2.24, 2.45) is 0 Å². The highest BCUT2D eigenvalue weighted by Gasteiger charge is 2.53. The first-order valence-electron chi connectivity index (χ1n) is 8.43. The summed E-state index contributed by atoms with van der Waals surface area (Å²) in [7, 11) is 1.75. The molecule has 1 saturated heterocycles. The molecule has 1 amide bonds. The topological polar surface area (TPSA) is 59.6 Å². The highest BCUT2D eigenvalue weighted by molar-refractivity contribution is 5.85. The number of hydrogen-bond acceptors (Lipinski definition) is 4. The summed E-state index contributed by atoms with van der Waals surface area (Å²) >= 11 is 0. The fourth-order valence-electron chi connectivity index (χ4n) is 4.21. The smallest absolute Gasteiger partial charge is 0.246 e. The molecule has 1 heterocycles. The predicted octanol–water partition coefficient (Wildman–Crippen LogP) is 1.95. The molecule has 1 aromatic carbocycles. The Kier molecular flexibility index (Phi) is 6.63. The summed E-state index contributed by atoms with van der Waals surface area (Å²) < 4.78 is 11.2. The summed E-state index contributed by atoms with van der Waals surface area (Å²) in [6.07, 6.45) is 2.02. The maximum atomic E-state index is 12.2. The van der Waals surface area contributed by atoms with Gasteiger partial charge in [0.2, 0.25) is 5.91 Å². The third-order valence-corrected chi connectivity index (χ3v) is 5.18. The number of carbonyl (C=O) groups is 1. The van der Waals surface area contributed by atoms with Crippen LogP contribution in [0, 0.1) is 0 Å². The van der Waals surface area contributed by atoms with E-state index in [9.17, 15) is 4.79 Å². The van der Waals surface area contributed by atoms with Gasteiger partial charge in [-0.05, 0) is 44.0 Å². The molecular weight excluding hydrogens is 328 g/mol. The molecule has 0 aromatic heterocycles. The summed E-state index contributed by atoms with van der Waals surface area (Å²) in [5.41, 5.74) is 2.50. The van der Waals surface area contributed by atoms with Crippen LogP contribution in [0.5, 0.6) is 0 Å². The average molecular weight is 355 g/mol. The van der Waals surface area contributed by atoms with E-state index in [-0.39, 0.29) is 42.5 Å². The molecule has 1 aromatic rings. The van der Waals surface area contributed by atoms with Crippen molar-refractivity contribution in [3.63, 3.8) is 0 Å². The Balaban J connectivity index is 0.00000208. The first-order chi connectivity index (χ1) is 11.2. The van der Waals surface area contributed by atoms with Crippen molar-refractivity contribution in [3.8, 4) is 0 Å². The number of carbonyl (C=O) groups excluding carboxylic acids is 1. The van der Waals surface area contributed by atoms with Gasteiger partial charge in [0, 0.05) is 19.1 Å². The highest BCUT2D eigenvalue weighted by Crippen LogP contribution is 2.51. The van der Waals surface area contributed by atoms with Crippen LogP contribution in [0.3, 0.4) is 0 Å². The molecule has 0 bridgehead atoms. The minimum Gasteiger partial charge on any atom is -0.378 e. The monoisotopic (exact) mass is 354 g/mol.